The molecule has 0 aromatic heterocycles. The molecule has 1 aromatic rings. The molecule has 6 heteroatoms. The monoisotopic (exact) mass is 335 g/mol. The standard InChI is InChI=1S/C12H18BrNO3S/c1-9-8-11(5-6-12(9)13)18(16,17)14-7-3-4-10(2)15/h5-6,8,10,14-15H,3-4,7H2,1-2H3. The molecular formula is C12H18BrNO3S. The number of nitrogens with one attached hydrogen (secondary N) is 1. The van der Waals surface area contributed by atoms with Crippen LogP contribution in [0, 0.1) is 6.92 Å². The molecule has 2 N–H and O–H groups in total. The Labute approximate surface area is 117 Å². The fourth-order valence-corrected chi connectivity index (χ4v) is 2.88. The molecule has 0 aliphatic carbocycles. The number of aliphatic hydroxyl groups excluding tert-OH is 1. The lowest BCUT2D eigenvalue weighted by molar-refractivity contribution is 0.182. The van der Waals surface area contributed by atoms with Crippen molar-refractivity contribution in [2.24, 2.45) is 0 Å². The second kappa shape index (κ2) is 6.65. The van der Waals surface area contributed by atoms with Crippen LogP contribution in [-0.4, -0.2) is 26.2 Å². The molecule has 1 aromatic carbocycles. The number of benzene rings is 1. The third kappa shape index (κ3) is 4.68. The van der Waals surface area contributed by atoms with Crippen LogP contribution >= 0.6 is 15.9 Å². The van der Waals surface area contributed by atoms with E-state index < -0.39 is 16.1 Å². The Kier molecular flexibility index (Phi) is 5.78. The molecule has 18 heavy (non-hydrogen) atoms. The van der Waals surface area contributed by atoms with E-state index >= 15 is 0 Å². The van der Waals surface area contributed by atoms with Crippen LogP contribution in [-0.2, 0) is 10.0 Å². The Morgan fingerprint density at radius 2 is 2.11 bits per heavy atom. The van der Waals surface area contributed by atoms with E-state index in [2.05, 4.69) is 20.7 Å². The smallest absolute Gasteiger partial charge is 0.240 e. The van der Waals surface area contributed by atoms with E-state index in [0.717, 1.165) is 10.0 Å². The van der Waals surface area contributed by atoms with Gasteiger partial charge in [0.1, 0.15) is 0 Å². The molecule has 1 rings (SSSR count). The van der Waals surface area contributed by atoms with Crippen LogP contribution in [0.2, 0.25) is 0 Å². The van der Waals surface area contributed by atoms with Crippen LogP contribution in [0.3, 0.4) is 0 Å². The Hall–Kier alpha value is -0.430. The summed E-state index contributed by atoms with van der Waals surface area (Å²) in [6, 6.07) is 4.91. The van der Waals surface area contributed by atoms with E-state index in [4.69, 9.17) is 5.11 Å². The van der Waals surface area contributed by atoms with Gasteiger partial charge in [0.25, 0.3) is 0 Å². The molecule has 0 radical (unpaired) electrons. The van der Waals surface area contributed by atoms with Crippen LogP contribution in [0.15, 0.2) is 27.6 Å². The van der Waals surface area contributed by atoms with Gasteiger partial charge in [-0.15, -0.1) is 0 Å². The van der Waals surface area contributed by atoms with E-state index in [9.17, 15) is 8.42 Å². The minimum absolute atomic E-state index is 0.264. The van der Waals surface area contributed by atoms with Gasteiger partial charge in [-0.1, -0.05) is 15.9 Å². The second-order valence-corrected chi connectivity index (χ2v) is 6.92. The lowest BCUT2D eigenvalue weighted by Gasteiger charge is -2.09. The van der Waals surface area contributed by atoms with Crippen molar-refractivity contribution in [3.63, 3.8) is 0 Å². The summed E-state index contributed by atoms with van der Waals surface area (Å²) in [4.78, 5) is 0.264. The molecular weight excluding hydrogens is 318 g/mol. The largest absolute Gasteiger partial charge is 0.393 e. The number of rotatable bonds is 6. The van der Waals surface area contributed by atoms with Crippen LogP contribution in [0.1, 0.15) is 25.3 Å². The third-order valence-electron chi connectivity index (χ3n) is 2.53. The normalized spacial score (nSPS) is 13.6. The molecule has 0 saturated carbocycles. The van der Waals surface area contributed by atoms with Crippen LogP contribution in [0.5, 0.6) is 0 Å². The molecule has 0 aliphatic heterocycles. The van der Waals surface area contributed by atoms with Crippen LogP contribution in [0.4, 0.5) is 0 Å². The van der Waals surface area contributed by atoms with Gasteiger partial charge in [0.15, 0.2) is 0 Å². The molecule has 0 aliphatic rings. The van der Waals surface area contributed by atoms with E-state index in [0.29, 0.717) is 19.4 Å². The van der Waals surface area contributed by atoms with Crippen molar-refractivity contribution in [2.45, 2.75) is 37.7 Å². The Balaban J connectivity index is 2.66. The second-order valence-electron chi connectivity index (χ2n) is 4.30. The van der Waals surface area contributed by atoms with Crippen molar-refractivity contribution in [2.75, 3.05) is 6.54 Å². The van der Waals surface area contributed by atoms with Crippen molar-refractivity contribution < 1.29 is 13.5 Å². The van der Waals surface area contributed by atoms with Gasteiger partial charge in [-0.2, -0.15) is 0 Å². The molecule has 0 bridgehead atoms. The van der Waals surface area contributed by atoms with Crippen molar-refractivity contribution >= 4 is 26.0 Å². The van der Waals surface area contributed by atoms with Gasteiger partial charge in [-0.05, 0) is 50.5 Å². The third-order valence-corrected chi connectivity index (χ3v) is 4.88. The quantitative estimate of drug-likeness (QED) is 0.783. The highest BCUT2D eigenvalue weighted by Gasteiger charge is 2.14. The highest BCUT2D eigenvalue weighted by molar-refractivity contribution is 9.10. The summed E-state index contributed by atoms with van der Waals surface area (Å²) in [5.74, 6) is 0. The van der Waals surface area contributed by atoms with E-state index in [1.54, 1.807) is 25.1 Å². The predicted octanol–water partition coefficient (Wildman–Crippen LogP) is 2.20. The average Bonchev–Trinajstić information content (AvgIpc) is 2.28. The number of halogens is 1. The minimum Gasteiger partial charge on any atom is -0.393 e. The molecule has 0 spiro atoms. The minimum atomic E-state index is -3.45. The maximum Gasteiger partial charge on any atom is 0.240 e. The highest BCUT2D eigenvalue weighted by atomic mass is 79.9. The van der Waals surface area contributed by atoms with Crippen LogP contribution < -0.4 is 4.72 Å². The van der Waals surface area contributed by atoms with Crippen molar-refractivity contribution in [3.05, 3.63) is 28.2 Å². The maximum absolute atomic E-state index is 12.0. The SMILES string of the molecule is Cc1cc(S(=O)(=O)NCCCC(C)O)ccc1Br. The average molecular weight is 336 g/mol. The van der Waals surface area contributed by atoms with Gasteiger partial charge in [0.05, 0.1) is 11.0 Å². The molecule has 1 atom stereocenters. The van der Waals surface area contributed by atoms with Gasteiger partial charge in [0.2, 0.25) is 10.0 Å². The first-order chi connectivity index (χ1) is 8.33. The zero-order chi connectivity index (χ0) is 13.8. The van der Waals surface area contributed by atoms with Gasteiger partial charge < -0.3 is 5.11 Å². The van der Waals surface area contributed by atoms with Gasteiger partial charge in [0, 0.05) is 11.0 Å². The van der Waals surface area contributed by atoms with Gasteiger partial charge in [-0.3, -0.25) is 0 Å². The topological polar surface area (TPSA) is 66.4 Å². The summed E-state index contributed by atoms with van der Waals surface area (Å²) in [5.41, 5.74) is 0.877. The number of aryl methyl sites for hydroxylation is 1. The van der Waals surface area contributed by atoms with Crippen molar-refractivity contribution in [1.82, 2.24) is 4.72 Å². The Bertz CT molecular complexity index is 500. The van der Waals surface area contributed by atoms with Gasteiger partial charge >= 0.3 is 0 Å². The first-order valence-electron chi connectivity index (χ1n) is 5.77. The zero-order valence-electron chi connectivity index (χ0n) is 10.5. The lowest BCUT2D eigenvalue weighted by atomic mass is 10.2. The molecule has 1 unspecified atom stereocenters. The fraction of sp³-hybridized carbons (Fsp3) is 0.500. The molecule has 0 fully saturated rings. The highest BCUT2D eigenvalue weighted by Crippen LogP contribution is 2.19. The molecule has 0 saturated heterocycles. The first kappa shape index (κ1) is 15.6. The summed E-state index contributed by atoms with van der Waals surface area (Å²) in [7, 11) is -3.45. The number of aliphatic hydroxyl groups is 1. The van der Waals surface area contributed by atoms with E-state index in [1.165, 1.54) is 0 Å². The summed E-state index contributed by atoms with van der Waals surface area (Å²) in [6.07, 6.45) is 0.804. The Morgan fingerprint density at radius 1 is 1.44 bits per heavy atom. The van der Waals surface area contributed by atoms with E-state index in [-0.39, 0.29) is 4.90 Å². The summed E-state index contributed by atoms with van der Waals surface area (Å²) < 4.78 is 27.3. The zero-order valence-corrected chi connectivity index (χ0v) is 12.9. The van der Waals surface area contributed by atoms with Crippen molar-refractivity contribution in [3.8, 4) is 0 Å². The van der Waals surface area contributed by atoms with E-state index in [1.807, 2.05) is 6.92 Å². The molecule has 102 valence electrons. The Morgan fingerprint density at radius 3 is 2.67 bits per heavy atom. The number of sulfonamides is 1. The first-order valence-corrected chi connectivity index (χ1v) is 8.04. The molecule has 0 heterocycles. The fourth-order valence-electron chi connectivity index (χ4n) is 1.47. The number of hydrogen-bond acceptors (Lipinski definition) is 3. The summed E-state index contributed by atoms with van der Waals surface area (Å²) in [6.45, 7) is 3.87. The molecule has 4 nitrogen and oxygen atoms in total. The summed E-state index contributed by atoms with van der Waals surface area (Å²) >= 11 is 3.33. The number of hydrogen-bond donors (Lipinski definition) is 2. The van der Waals surface area contributed by atoms with Crippen molar-refractivity contribution in [1.29, 1.82) is 0 Å². The van der Waals surface area contributed by atoms with Gasteiger partial charge in [-0.25, -0.2) is 13.1 Å². The maximum atomic E-state index is 12.0. The van der Waals surface area contributed by atoms with Crippen LogP contribution in [0.25, 0.3) is 0 Å². The predicted molar refractivity (Wildman–Crippen MR) is 75.0 cm³/mol. The lowest BCUT2D eigenvalue weighted by Crippen LogP contribution is -2.25. The molecule has 0 amide bonds. The summed E-state index contributed by atoms with van der Waals surface area (Å²) in [5, 5.41) is 9.08.